The number of hydrogen-bond acceptors (Lipinski definition) is 7. The Labute approximate surface area is 148 Å². The number of aromatic hydroxyl groups is 1. The van der Waals surface area contributed by atoms with Crippen LogP contribution in [0.5, 0.6) is 11.5 Å². The van der Waals surface area contributed by atoms with Crippen molar-refractivity contribution in [2.45, 2.75) is 11.8 Å². The summed E-state index contributed by atoms with van der Waals surface area (Å²) in [5, 5.41) is 20.2. The van der Waals surface area contributed by atoms with Crippen molar-refractivity contribution < 1.29 is 19.1 Å². The molecule has 0 aliphatic heterocycles. The van der Waals surface area contributed by atoms with Gasteiger partial charge in [0.1, 0.15) is 11.5 Å². The van der Waals surface area contributed by atoms with Crippen LogP contribution >= 0.6 is 11.8 Å². The molecule has 1 heterocycles. The van der Waals surface area contributed by atoms with E-state index in [0.29, 0.717) is 17.3 Å². The molecule has 2 aromatic carbocycles. The fourth-order valence-corrected chi connectivity index (χ4v) is 2.49. The molecule has 3 rings (SSSR count). The minimum Gasteiger partial charge on any atom is -0.506 e. The number of amides is 1. The summed E-state index contributed by atoms with van der Waals surface area (Å²) in [6.45, 7) is 0.154. The van der Waals surface area contributed by atoms with E-state index in [-0.39, 0.29) is 29.2 Å². The Morgan fingerprint density at radius 1 is 1.12 bits per heavy atom. The summed E-state index contributed by atoms with van der Waals surface area (Å²) >= 11 is 1.11. The monoisotopic (exact) mass is 357 g/mol. The van der Waals surface area contributed by atoms with Crippen LogP contribution in [0.3, 0.4) is 0 Å². The molecule has 0 saturated heterocycles. The molecule has 0 aliphatic rings. The van der Waals surface area contributed by atoms with Crippen molar-refractivity contribution in [3.63, 3.8) is 0 Å². The van der Waals surface area contributed by atoms with E-state index in [2.05, 4.69) is 15.5 Å². The van der Waals surface area contributed by atoms with Gasteiger partial charge in [-0.2, -0.15) is 0 Å². The Hall–Kier alpha value is -3.00. The lowest BCUT2D eigenvalue weighted by Gasteiger charge is -2.05. The van der Waals surface area contributed by atoms with Crippen molar-refractivity contribution in [3.8, 4) is 11.5 Å². The molecule has 3 aromatic rings. The van der Waals surface area contributed by atoms with Crippen LogP contribution in [0.25, 0.3) is 0 Å². The molecular weight excluding hydrogens is 342 g/mol. The first kappa shape index (κ1) is 16.8. The lowest BCUT2D eigenvalue weighted by molar-refractivity contribution is -0.113. The Morgan fingerprint density at radius 3 is 2.68 bits per heavy atom. The van der Waals surface area contributed by atoms with Crippen LogP contribution in [0, 0.1) is 0 Å². The van der Waals surface area contributed by atoms with Crippen LogP contribution in [0.15, 0.2) is 64.2 Å². The fourth-order valence-electron chi connectivity index (χ4n) is 1.91. The zero-order valence-corrected chi connectivity index (χ0v) is 13.9. The first-order valence-corrected chi connectivity index (χ1v) is 8.40. The lowest BCUT2D eigenvalue weighted by Crippen LogP contribution is -2.14. The number of nitrogens with one attached hydrogen (secondary N) is 1. The van der Waals surface area contributed by atoms with Gasteiger partial charge in [-0.15, -0.1) is 10.2 Å². The van der Waals surface area contributed by atoms with E-state index in [1.165, 1.54) is 6.07 Å². The minimum absolute atomic E-state index is 0.0130. The second-order valence-electron chi connectivity index (χ2n) is 4.92. The number of aromatic nitrogens is 2. The number of nitrogens with zero attached hydrogens (tertiary/aromatic N) is 2. The third-order valence-corrected chi connectivity index (χ3v) is 3.88. The number of phenolic OH excluding ortho intramolecular Hbond substituents is 1. The highest BCUT2D eigenvalue weighted by atomic mass is 32.2. The van der Waals surface area contributed by atoms with E-state index in [4.69, 9.17) is 9.15 Å². The average Bonchev–Trinajstić information content (AvgIpc) is 3.09. The number of para-hydroxylation sites is 3. The summed E-state index contributed by atoms with van der Waals surface area (Å²) in [7, 11) is 0. The van der Waals surface area contributed by atoms with Crippen LogP contribution in [-0.2, 0) is 11.4 Å². The van der Waals surface area contributed by atoms with E-state index < -0.39 is 0 Å². The van der Waals surface area contributed by atoms with Gasteiger partial charge < -0.3 is 19.6 Å². The van der Waals surface area contributed by atoms with Crippen molar-refractivity contribution in [1.29, 1.82) is 0 Å². The maximum atomic E-state index is 11.9. The second-order valence-corrected chi connectivity index (χ2v) is 5.84. The molecule has 0 radical (unpaired) electrons. The first-order chi connectivity index (χ1) is 12.2. The number of thioether (sulfide) groups is 1. The van der Waals surface area contributed by atoms with Gasteiger partial charge in [0.2, 0.25) is 5.91 Å². The Bertz CT molecular complexity index is 839. The predicted molar refractivity (Wildman–Crippen MR) is 92.5 cm³/mol. The number of benzene rings is 2. The molecule has 0 fully saturated rings. The van der Waals surface area contributed by atoms with Crippen molar-refractivity contribution in [1.82, 2.24) is 10.2 Å². The van der Waals surface area contributed by atoms with E-state index in [0.717, 1.165) is 11.8 Å². The molecule has 0 unspecified atom stereocenters. The zero-order chi connectivity index (χ0) is 17.5. The van der Waals surface area contributed by atoms with Crippen molar-refractivity contribution >= 4 is 23.4 Å². The number of carbonyl (C=O) groups excluding carboxylic acids is 1. The van der Waals surface area contributed by atoms with Gasteiger partial charge in [0.05, 0.1) is 11.4 Å². The third-order valence-electron chi connectivity index (χ3n) is 3.06. The zero-order valence-electron chi connectivity index (χ0n) is 13.1. The number of ether oxygens (including phenoxy) is 1. The highest BCUT2D eigenvalue weighted by Crippen LogP contribution is 2.23. The number of hydrogen-bond donors (Lipinski definition) is 2. The summed E-state index contributed by atoms with van der Waals surface area (Å²) < 4.78 is 10.9. The van der Waals surface area contributed by atoms with Crippen LogP contribution in [0.2, 0.25) is 0 Å². The summed E-state index contributed by atoms with van der Waals surface area (Å²) in [5.74, 6) is 0.838. The smallest absolute Gasteiger partial charge is 0.277 e. The van der Waals surface area contributed by atoms with Crippen LogP contribution in [-0.4, -0.2) is 27.0 Å². The van der Waals surface area contributed by atoms with Crippen LogP contribution in [0.1, 0.15) is 5.89 Å². The van der Waals surface area contributed by atoms with Crippen molar-refractivity contribution in [2.75, 3.05) is 11.1 Å². The van der Waals surface area contributed by atoms with Crippen molar-refractivity contribution in [3.05, 3.63) is 60.5 Å². The molecule has 0 atom stereocenters. The molecule has 0 bridgehead atoms. The normalized spacial score (nSPS) is 10.4. The Balaban J connectivity index is 1.47. The molecule has 0 saturated carbocycles. The first-order valence-electron chi connectivity index (χ1n) is 7.41. The highest BCUT2D eigenvalue weighted by Gasteiger charge is 2.11. The lowest BCUT2D eigenvalue weighted by atomic mass is 10.3. The predicted octanol–water partition coefficient (Wildman–Crippen LogP) is 3.09. The topological polar surface area (TPSA) is 97.5 Å². The quantitative estimate of drug-likeness (QED) is 0.495. The van der Waals surface area contributed by atoms with Crippen molar-refractivity contribution in [2.24, 2.45) is 0 Å². The number of anilines is 1. The minimum atomic E-state index is -0.285. The van der Waals surface area contributed by atoms with Gasteiger partial charge in [0.25, 0.3) is 11.1 Å². The standard InChI is InChI=1S/C17H15N3O4S/c21-14-9-5-4-8-13(14)18-15(22)11-25-17-20-19-16(24-17)10-23-12-6-2-1-3-7-12/h1-9,21H,10-11H2,(H,18,22). The second kappa shape index (κ2) is 8.20. The van der Waals surface area contributed by atoms with Gasteiger partial charge in [0, 0.05) is 0 Å². The summed E-state index contributed by atoms with van der Waals surface area (Å²) in [5.41, 5.74) is 0.357. The van der Waals surface area contributed by atoms with Crippen LogP contribution < -0.4 is 10.1 Å². The van der Waals surface area contributed by atoms with Gasteiger partial charge in [-0.05, 0) is 24.3 Å². The van der Waals surface area contributed by atoms with E-state index in [9.17, 15) is 9.90 Å². The molecule has 25 heavy (non-hydrogen) atoms. The highest BCUT2D eigenvalue weighted by molar-refractivity contribution is 7.99. The summed E-state index contributed by atoms with van der Waals surface area (Å²) in [6.07, 6.45) is 0. The molecule has 0 spiro atoms. The average molecular weight is 357 g/mol. The van der Waals surface area contributed by atoms with Gasteiger partial charge in [0.15, 0.2) is 6.61 Å². The van der Waals surface area contributed by atoms with Gasteiger partial charge in [-0.25, -0.2) is 0 Å². The SMILES string of the molecule is O=C(CSc1nnc(COc2ccccc2)o1)Nc1ccccc1O. The van der Waals surface area contributed by atoms with Gasteiger partial charge in [-0.1, -0.05) is 42.1 Å². The van der Waals surface area contributed by atoms with E-state index >= 15 is 0 Å². The Kier molecular flexibility index (Phi) is 5.53. The van der Waals surface area contributed by atoms with E-state index in [1.54, 1.807) is 18.2 Å². The number of phenols is 1. The third kappa shape index (κ3) is 4.98. The van der Waals surface area contributed by atoms with Gasteiger partial charge >= 0.3 is 0 Å². The molecule has 0 aliphatic carbocycles. The van der Waals surface area contributed by atoms with Gasteiger partial charge in [-0.3, -0.25) is 4.79 Å². The summed E-state index contributed by atoms with van der Waals surface area (Å²) in [6, 6.07) is 15.8. The molecule has 128 valence electrons. The number of rotatable bonds is 7. The molecule has 7 nitrogen and oxygen atoms in total. The fraction of sp³-hybridized carbons (Fsp3) is 0.118. The maximum absolute atomic E-state index is 11.9. The molecule has 8 heteroatoms. The molecule has 1 amide bonds. The number of carbonyl (C=O) groups is 1. The molecule has 1 aromatic heterocycles. The Morgan fingerprint density at radius 2 is 1.88 bits per heavy atom. The van der Waals surface area contributed by atoms with E-state index in [1.807, 2.05) is 30.3 Å². The largest absolute Gasteiger partial charge is 0.506 e. The maximum Gasteiger partial charge on any atom is 0.277 e. The van der Waals surface area contributed by atoms with Crippen LogP contribution in [0.4, 0.5) is 5.69 Å². The molecule has 2 N–H and O–H groups in total. The molecular formula is C17H15N3O4S. The summed E-state index contributed by atoms with van der Waals surface area (Å²) in [4.78, 5) is 11.9.